The van der Waals surface area contributed by atoms with E-state index in [4.69, 9.17) is 0 Å². The van der Waals surface area contributed by atoms with Crippen molar-refractivity contribution >= 4 is 22.7 Å². The molecule has 0 atom stereocenters. The number of carbonyl (C=O) groups excluding carboxylic acids is 2. The topological polar surface area (TPSA) is 89.5 Å². The van der Waals surface area contributed by atoms with Gasteiger partial charge in [0.05, 0.1) is 23.3 Å². The number of benzene rings is 2. The van der Waals surface area contributed by atoms with Crippen LogP contribution in [0.1, 0.15) is 40.0 Å². The van der Waals surface area contributed by atoms with Crippen molar-refractivity contribution in [3.63, 3.8) is 0 Å². The number of nitrogens with one attached hydrogen (secondary N) is 1. The van der Waals surface area contributed by atoms with E-state index < -0.39 is 0 Å². The lowest BCUT2D eigenvalue weighted by Crippen LogP contribution is -2.25. The lowest BCUT2D eigenvalue weighted by Gasteiger charge is -2.17. The number of carbonyl (C=O) groups is 2. The average molecular weight is 376 g/mol. The van der Waals surface area contributed by atoms with Crippen LogP contribution in [0, 0.1) is 0 Å². The fourth-order valence-corrected chi connectivity index (χ4v) is 4.10. The third kappa shape index (κ3) is 2.70. The molecule has 1 fully saturated rings. The Kier molecular flexibility index (Phi) is 3.82. The quantitative estimate of drug-likeness (QED) is 0.735. The standard InChI is InChI=1S/C21H20N4O3/c26-19-9-17-15(18(23-22-17)12-24-7-3-6-20(24)27)8-16(19)21(28)25-10-13-4-1-2-5-14(13)11-25/h1-2,4-5,8-9,26H,3,6-7,10-12H2,(H,22,23). The van der Waals surface area contributed by atoms with Gasteiger partial charge in [-0.1, -0.05) is 24.3 Å². The highest BCUT2D eigenvalue weighted by atomic mass is 16.3. The van der Waals surface area contributed by atoms with Crippen molar-refractivity contribution in [2.24, 2.45) is 0 Å². The van der Waals surface area contributed by atoms with Crippen LogP contribution >= 0.6 is 0 Å². The van der Waals surface area contributed by atoms with Gasteiger partial charge in [0.2, 0.25) is 5.91 Å². The molecule has 0 saturated carbocycles. The summed E-state index contributed by atoms with van der Waals surface area (Å²) in [6, 6.07) is 11.2. The summed E-state index contributed by atoms with van der Waals surface area (Å²) in [5, 5.41) is 18.4. The molecular weight excluding hydrogens is 356 g/mol. The molecule has 3 aromatic rings. The summed E-state index contributed by atoms with van der Waals surface area (Å²) in [6.07, 6.45) is 1.44. The molecule has 5 rings (SSSR count). The van der Waals surface area contributed by atoms with E-state index >= 15 is 0 Å². The van der Waals surface area contributed by atoms with E-state index in [0.717, 1.165) is 35.2 Å². The number of aromatic hydroxyl groups is 1. The zero-order valence-corrected chi connectivity index (χ0v) is 15.3. The number of H-pyrrole nitrogens is 1. The largest absolute Gasteiger partial charge is 0.507 e. The zero-order chi connectivity index (χ0) is 19.3. The van der Waals surface area contributed by atoms with Gasteiger partial charge in [-0.3, -0.25) is 14.7 Å². The number of aromatic nitrogens is 2. The number of hydrogen-bond donors (Lipinski definition) is 2. The van der Waals surface area contributed by atoms with E-state index in [1.807, 2.05) is 24.3 Å². The normalized spacial score (nSPS) is 16.2. The molecule has 0 unspecified atom stereocenters. The van der Waals surface area contributed by atoms with Crippen LogP contribution < -0.4 is 0 Å². The first-order valence-corrected chi connectivity index (χ1v) is 9.44. The van der Waals surface area contributed by atoms with Gasteiger partial charge in [-0.05, 0) is 23.6 Å². The number of likely N-dealkylation sites (tertiary alicyclic amines) is 1. The number of phenols is 1. The van der Waals surface area contributed by atoms with Crippen LogP contribution in [0.5, 0.6) is 5.75 Å². The number of hydrogen-bond acceptors (Lipinski definition) is 4. The van der Waals surface area contributed by atoms with Gasteiger partial charge < -0.3 is 14.9 Å². The molecule has 7 nitrogen and oxygen atoms in total. The van der Waals surface area contributed by atoms with Gasteiger partial charge in [0, 0.05) is 37.5 Å². The lowest BCUT2D eigenvalue weighted by atomic mass is 10.1. The van der Waals surface area contributed by atoms with Crippen molar-refractivity contribution in [2.75, 3.05) is 6.54 Å². The molecule has 2 amide bonds. The Balaban J connectivity index is 1.46. The highest BCUT2D eigenvalue weighted by Gasteiger charge is 2.27. The number of nitrogens with zero attached hydrogens (tertiary/aromatic N) is 3. The molecule has 0 spiro atoms. The first-order valence-electron chi connectivity index (χ1n) is 9.44. The van der Waals surface area contributed by atoms with E-state index in [9.17, 15) is 14.7 Å². The molecule has 7 heteroatoms. The Bertz CT molecular complexity index is 1080. The van der Waals surface area contributed by atoms with Gasteiger partial charge in [0.25, 0.3) is 5.91 Å². The summed E-state index contributed by atoms with van der Waals surface area (Å²) >= 11 is 0. The van der Waals surface area contributed by atoms with Gasteiger partial charge in [0.1, 0.15) is 5.75 Å². The molecule has 0 radical (unpaired) electrons. The number of amides is 2. The maximum Gasteiger partial charge on any atom is 0.258 e. The number of fused-ring (bicyclic) bond motifs is 2. The molecule has 2 N–H and O–H groups in total. The van der Waals surface area contributed by atoms with Gasteiger partial charge in [-0.2, -0.15) is 5.10 Å². The van der Waals surface area contributed by atoms with Crippen molar-refractivity contribution < 1.29 is 14.7 Å². The van der Waals surface area contributed by atoms with E-state index in [1.54, 1.807) is 15.9 Å². The first kappa shape index (κ1) is 16.8. The summed E-state index contributed by atoms with van der Waals surface area (Å²) in [5.74, 6) is -0.156. The molecule has 1 aromatic heterocycles. The minimum atomic E-state index is -0.208. The van der Waals surface area contributed by atoms with Crippen LogP contribution in [0.15, 0.2) is 36.4 Å². The molecule has 2 aromatic carbocycles. The fourth-order valence-electron chi connectivity index (χ4n) is 4.10. The van der Waals surface area contributed by atoms with E-state index in [1.165, 1.54) is 6.07 Å². The molecule has 1 saturated heterocycles. The van der Waals surface area contributed by atoms with Crippen LogP contribution in [0.25, 0.3) is 10.9 Å². The van der Waals surface area contributed by atoms with E-state index in [0.29, 0.717) is 31.6 Å². The van der Waals surface area contributed by atoms with Crippen molar-refractivity contribution in [3.8, 4) is 5.75 Å². The maximum atomic E-state index is 13.1. The first-order chi connectivity index (χ1) is 13.6. The smallest absolute Gasteiger partial charge is 0.258 e. The predicted octanol–water partition coefficient (Wildman–Crippen LogP) is 2.55. The second kappa shape index (κ2) is 6.37. The summed E-state index contributed by atoms with van der Waals surface area (Å²) in [6.45, 7) is 2.23. The Morgan fingerprint density at radius 3 is 2.61 bits per heavy atom. The molecule has 2 aliphatic rings. The van der Waals surface area contributed by atoms with Gasteiger partial charge in [0.15, 0.2) is 0 Å². The highest BCUT2D eigenvalue weighted by molar-refractivity contribution is 6.01. The summed E-state index contributed by atoms with van der Waals surface area (Å²) < 4.78 is 0. The SMILES string of the molecule is O=C1CCCN1Cc1[nH]nc2cc(O)c(C(=O)N3Cc4ccccc4C3)cc12. The summed E-state index contributed by atoms with van der Waals surface area (Å²) in [7, 11) is 0. The molecule has 0 aliphatic carbocycles. The highest BCUT2D eigenvalue weighted by Crippen LogP contribution is 2.31. The molecular formula is C21H20N4O3. The third-order valence-corrected chi connectivity index (χ3v) is 5.63. The van der Waals surface area contributed by atoms with Crippen molar-refractivity contribution in [2.45, 2.75) is 32.5 Å². The third-order valence-electron chi connectivity index (χ3n) is 5.63. The molecule has 0 bridgehead atoms. The number of phenolic OH excluding ortho intramolecular Hbond substituents is 1. The van der Waals surface area contributed by atoms with Crippen LogP contribution in [-0.2, 0) is 24.4 Å². The van der Waals surface area contributed by atoms with Crippen LogP contribution in [0.3, 0.4) is 0 Å². The van der Waals surface area contributed by atoms with E-state index in [2.05, 4.69) is 10.2 Å². The average Bonchev–Trinajstić information content (AvgIpc) is 3.40. The Morgan fingerprint density at radius 1 is 1.18 bits per heavy atom. The molecule has 142 valence electrons. The minimum absolute atomic E-state index is 0.0799. The molecule has 28 heavy (non-hydrogen) atoms. The van der Waals surface area contributed by atoms with Gasteiger partial charge in [-0.25, -0.2) is 0 Å². The van der Waals surface area contributed by atoms with Crippen LogP contribution in [0.4, 0.5) is 0 Å². The van der Waals surface area contributed by atoms with Gasteiger partial charge in [-0.15, -0.1) is 0 Å². The van der Waals surface area contributed by atoms with E-state index in [-0.39, 0.29) is 23.1 Å². The minimum Gasteiger partial charge on any atom is -0.507 e. The molecule has 3 heterocycles. The second-order valence-electron chi connectivity index (χ2n) is 7.44. The Hall–Kier alpha value is -3.35. The Labute approximate surface area is 161 Å². The zero-order valence-electron chi connectivity index (χ0n) is 15.3. The fraction of sp³-hybridized carbons (Fsp3) is 0.286. The lowest BCUT2D eigenvalue weighted by molar-refractivity contribution is -0.128. The van der Waals surface area contributed by atoms with Crippen LogP contribution in [-0.4, -0.2) is 43.5 Å². The summed E-state index contributed by atoms with van der Waals surface area (Å²) in [5.41, 5.74) is 3.89. The Morgan fingerprint density at radius 2 is 1.93 bits per heavy atom. The van der Waals surface area contributed by atoms with Crippen molar-refractivity contribution in [1.82, 2.24) is 20.0 Å². The monoisotopic (exact) mass is 376 g/mol. The van der Waals surface area contributed by atoms with Crippen molar-refractivity contribution in [1.29, 1.82) is 0 Å². The van der Waals surface area contributed by atoms with Gasteiger partial charge >= 0.3 is 0 Å². The second-order valence-corrected chi connectivity index (χ2v) is 7.44. The predicted molar refractivity (Wildman–Crippen MR) is 102 cm³/mol. The maximum absolute atomic E-state index is 13.1. The molecule has 2 aliphatic heterocycles. The van der Waals surface area contributed by atoms with Crippen LogP contribution in [0.2, 0.25) is 0 Å². The number of aromatic amines is 1. The number of rotatable bonds is 3. The van der Waals surface area contributed by atoms with Crippen molar-refractivity contribution in [3.05, 3.63) is 58.8 Å². The summed E-state index contributed by atoms with van der Waals surface area (Å²) in [4.78, 5) is 28.5.